The molecular formula is C11H11NO. The lowest BCUT2D eigenvalue weighted by Crippen LogP contribution is -2.06. The van der Waals surface area contributed by atoms with Gasteiger partial charge in [0.15, 0.2) is 5.78 Å². The monoisotopic (exact) mass is 173 g/mol. The van der Waals surface area contributed by atoms with E-state index >= 15 is 0 Å². The van der Waals surface area contributed by atoms with Crippen LogP contribution in [0.2, 0.25) is 0 Å². The summed E-state index contributed by atoms with van der Waals surface area (Å²) in [6.45, 7) is 1.57. The average Bonchev–Trinajstić information content (AvgIpc) is 2.17. The molecule has 1 aromatic heterocycles. The smallest absolute Gasteiger partial charge is 0.178 e. The van der Waals surface area contributed by atoms with Gasteiger partial charge in [0.05, 0.1) is 0 Å². The van der Waals surface area contributed by atoms with Gasteiger partial charge in [0.25, 0.3) is 0 Å². The number of hydrogen-bond acceptors (Lipinski definition) is 2. The Kier molecular flexibility index (Phi) is 1.97. The molecule has 0 bridgehead atoms. The molecule has 0 amide bonds. The maximum atomic E-state index is 11.2. The van der Waals surface area contributed by atoms with Crippen LogP contribution in [0.3, 0.4) is 0 Å². The topological polar surface area (TPSA) is 30.0 Å². The molecule has 1 aromatic rings. The Hall–Kier alpha value is -1.44. The molecule has 13 heavy (non-hydrogen) atoms. The zero-order valence-corrected chi connectivity index (χ0v) is 7.58. The lowest BCUT2D eigenvalue weighted by Gasteiger charge is -2.12. The summed E-state index contributed by atoms with van der Waals surface area (Å²) in [5.41, 5.74) is 2.89. The lowest BCUT2D eigenvalue weighted by molar-refractivity contribution is 0.101. The molecule has 2 rings (SSSR count). The summed E-state index contributed by atoms with van der Waals surface area (Å²) in [4.78, 5) is 15.3. The summed E-state index contributed by atoms with van der Waals surface area (Å²) in [6, 6.07) is 1.96. The minimum absolute atomic E-state index is 0.0622. The van der Waals surface area contributed by atoms with E-state index in [1.807, 2.05) is 6.07 Å². The van der Waals surface area contributed by atoms with E-state index < -0.39 is 0 Å². The summed E-state index contributed by atoms with van der Waals surface area (Å²) >= 11 is 0. The van der Waals surface area contributed by atoms with Crippen molar-refractivity contribution in [2.45, 2.75) is 19.8 Å². The van der Waals surface area contributed by atoms with Crippen LogP contribution in [-0.2, 0) is 6.42 Å². The van der Waals surface area contributed by atoms with E-state index in [2.05, 4.69) is 17.1 Å². The standard InChI is InChI=1S/C11H11NO/c1-8(13)11-10-5-3-2-4-9(10)6-7-12-11/h2,4,6-7H,3,5H2,1H3. The second-order valence-electron chi connectivity index (χ2n) is 3.22. The van der Waals surface area contributed by atoms with Crippen LogP contribution < -0.4 is 0 Å². The Morgan fingerprint density at radius 2 is 2.38 bits per heavy atom. The number of nitrogens with zero attached hydrogens (tertiary/aromatic N) is 1. The van der Waals surface area contributed by atoms with Gasteiger partial charge in [-0.25, -0.2) is 0 Å². The quantitative estimate of drug-likeness (QED) is 0.609. The number of fused-ring (bicyclic) bond motifs is 1. The fourth-order valence-electron chi connectivity index (χ4n) is 1.67. The fraction of sp³-hybridized carbons (Fsp3) is 0.273. The molecule has 0 unspecified atom stereocenters. The van der Waals surface area contributed by atoms with Crippen LogP contribution in [0, 0.1) is 0 Å². The predicted octanol–water partition coefficient (Wildman–Crippen LogP) is 2.24. The number of allylic oxidation sites excluding steroid dienone is 1. The number of aromatic nitrogens is 1. The summed E-state index contributed by atoms with van der Waals surface area (Å²) < 4.78 is 0. The van der Waals surface area contributed by atoms with E-state index in [0.717, 1.165) is 24.0 Å². The Morgan fingerprint density at radius 1 is 1.54 bits per heavy atom. The summed E-state index contributed by atoms with van der Waals surface area (Å²) in [5, 5.41) is 0. The van der Waals surface area contributed by atoms with Gasteiger partial charge in [-0.3, -0.25) is 9.78 Å². The highest BCUT2D eigenvalue weighted by Crippen LogP contribution is 2.21. The Bertz CT molecular complexity index is 380. The van der Waals surface area contributed by atoms with E-state index in [1.54, 1.807) is 13.1 Å². The van der Waals surface area contributed by atoms with Crippen LogP contribution in [0.1, 0.15) is 35.0 Å². The third kappa shape index (κ3) is 1.39. The van der Waals surface area contributed by atoms with Crippen molar-refractivity contribution < 1.29 is 4.79 Å². The van der Waals surface area contributed by atoms with Gasteiger partial charge in [-0.05, 0) is 30.0 Å². The maximum absolute atomic E-state index is 11.2. The zero-order valence-electron chi connectivity index (χ0n) is 7.58. The minimum atomic E-state index is 0.0622. The molecule has 0 radical (unpaired) electrons. The highest BCUT2D eigenvalue weighted by atomic mass is 16.1. The lowest BCUT2D eigenvalue weighted by atomic mass is 9.95. The molecule has 2 nitrogen and oxygen atoms in total. The Balaban J connectivity index is 2.59. The second kappa shape index (κ2) is 3.13. The summed E-state index contributed by atoms with van der Waals surface area (Å²) in [7, 11) is 0. The number of ketones is 1. The number of rotatable bonds is 1. The Morgan fingerprint density at radius 3 is 3.15 bits per heavy atom. The first kappa shape index (κ1) is 8.17. The number of carbonyl (C=O) groups is 1. The molecule has 2 heteroatoms. The van der Waals surface area contributed by atoms with Gasteiger partial charge < -0.3 is 0 Å². The highest BCUT2D eigenvalue weighted by molar-refractivity contribution is 5.94. The SMILES string of the molecule is CC(=O)c1nccc2c1CCC=C2. The van der Waals surface area contributed by atoms with Crippen LogP contribution in [0.25, 0.3) is 6.08 Å². The molecule has 0 spiro atoms. The van der Waals surface area contributed by atoms with E-state index in [1.165, 1.54) is 0 Å². The third-order valence-electron chi connectivity index (χ3n) is 2.28. The Labute approximate surface area is 77.3 Å². The highest BCUT2D eigenvalue weighted by Gasteiger charge is 2.13. The van der Waals surface area contributed by atoms with Crippen LogP contribution in [0.4, 0.5) is 0 Å². The molecule has 1 aliphatic rings. The molecule has 66 valence electrons. The largest absolute Gasteiger partial charge is 0.293 e. The predicted molar refractivity (Wildman–Crippen MR) is 51.6 cm³/mol. The second-order valence-corrected chi connectivity index (χ2v) is 3.22. The van der Waals surface area contributed by atoms with Crippen molar-refractivity contribution in [1.82, 2.24) is 4.98 Å². The van der Waals surface area contributed by atoms with Crippen LogP contribution >= 0.6 is 0 Å². The molecule has 0 saturated heterocycles. The number of carbonyl (C=O) groups excluding carboxylic acids is 1. The van der Waals surface area contributed by atoms with Gasteiger partial charge in [0.2, 0.25) is 0 Å². The fourth-order valence-corrected chi connectivity index (χ4v) is 1.67. The number of Topliss-reactive ketones (excluding diaryl/α,β-unsaturated/α-hetero) is 1. The van der Waals surface area contributed by atoms with E-state index in [9.17, 15) is 4.79 Å². The maximum Gasteiger partial charge on any atom is 0.178 e. The molecule has 0 fully saturated rings. The zero-order chi connectivity index (χ0) is 9.26. The van der Waals surface area contributed by atoms with Crippen LogP contribution in [0.5, 0.6) is 0 Å². The van der Waals surface area contributed by atoms with Gasteiger partial charge in [-0.15, -0.1) is 0 Å². The minimum Gasteiger partial charge on any atom is -0.293 e. The normalized spacial score (nSPS) is 13.9. The molecule has 0 aromatic carbocycles. The first-order valence-corrected chi connectivity index (χ1v) is 4.44. The van der Waals surface area contributed by atoms with Crippen molar-refractivity contribution in [3.63, 3.8) is 0 Å². The van der Waals surface area contributed by atoms with Crippen molar-refractivity contribution in [2.24, 2.45) is 0 Å². The average molecular weight is 173 g/mol. The molecule has 0 saturated carbocycles. The van der Waals surface area contributed by atoms with Crippen molar-refractivity contribution in [2.75, 3.05) is 0 Å². The van der Waals surface area contributed by atoms with Crippen molar-refractivity contribution in [1.29, 1.82) is 0 Å². The molecule has 1 aliphatic carbocycles. The first-order chi connectivity index (χ1) is 6.29. The third-order valence-corrected chi connectivity index (χ3v) is 2.28. The molecule has 0 atom stereocenters. The summed E-state index contributed by atoms with van der Waals surface area (Å²) in [5.74, 6) is 0.0622. The molecule has 1 heterocycles. The summed E-state index contributed by atoms with van der Waals surface area (Å²) in [6.07, 6.45) is 7.85. The van der Waals surface area contributed by atoms with E-state index in [-0.39, 0.29) is 5.78 Å². The van der Waals surface area contributed by atoms with Crippen LogP contribution in [0.15, 0.2) is 18.3 Å². The van der Waals surface area contributed by atoms with E-state index in [4.69, 9.17) is 0 Å². The van der Waals surface area contributed by atoms with Crippen molar-refractivity contribution in [3.05, 3.63) is 35.2 Å². The van der Waals surface area contributed by atoms with Gasteiger partial charge >= 0.3 is 0 Å². The molecule has 0 N–H and O–H groups in total. The van der Waals surface area contributed by atoms with Crippen molar-refractivity contribution >= 4 is 11.9 Å². The van der Waals surface area contributed by atoms with Gasteiger partial charge in [0, 0.05) is 13.1 Å². The van der Waals surface area contributed by atoms with Crippen molar-refractivity contribution in [3.8, 4) is 0 Å². The van der Waals surface area contributed by atoms with Crippen LogP contribution in [-0.4, -0.2) is 10.8 Å². The number of pyridine rings is 1. The van der Waals surface area contributed by atoms with Gasteiger partial charge in [0.1, 0.15) is 5.69 Å². The molecule has 0 aliphatic heterocycles. The van der Waals surface area contributed by atoms with Gasteiger partial charge in [-0.2, -0.15) is 0 Å². The van der Waals surface area contributed by atoms with E-state index in [0.29, 0.717) is 5.69 Å². The first-order valence-electron chi connectivity index (χ1n) is 4.44. The number of hydrogen-bond donors (Lipinski definition) is 0. The van der Waals surface area contributed by atoms with Gasteiger partial charge in [-0.1, -0.05) is 12.2 Å². The molecular weight excluding hydrogens is 162 g/mol.